The fourth-order valence-corrected chi connectivity index (χ4v) is 3.56. The summed E-state index contributed by atoms with van der Waals surface area (Å²) in [4.78, 5) is 19.6. The van der Waals surface area contributed by atoms with Crippen molar-refractivity contribution in [2.75, 3.05) is 32.1 Å². The van der Waals surface area contributed by atoms with Gasteiger partial charge in [-0.1, -0.05) is 6.92 Å². The highest BCUT2D eigenvalue weighted by Gasteiger charge is 2.27. The van der Waals surface area contributed by atoms with Crippen molar-refractivity contribution in [1.82, 2.24) is 25.1 Å². The number of fused-ring (bicyclic) bond motifs is 3. The predicted octanol–water partition coefficient (Wildman–Crippen LogP) is 1.67. The molecule has 8 nitrogen and oxygen atoms in total. The van der Waals surface area contributed by atoms with Gasteiger partial charge in [-0.2, -0.15) is 5.10 Å². The van der Waals surface area contributed by atoms with Crippen LogP contribution >= 0.6 is 0 Å². The van der Waals surface area contributed by atoms with Gasteiger partial charge in [-0.15, -0.1) is 0 Å². The number of methoxy groups -OCH3 is 1. The molecule has 1 fully saturated rings. The molecule has 25 heavy (non-hydrogen) atoms. The van der Waals surface area contributed by atoms with Crippen LogP contribution in [0.25, 0.3) is 21.9 Å². The summed E-state index contributed by atoms with van der Waals surface area (Å²) >= 11 is 0. The second-order valence-corrected chi connectivity index (χ2v) is 6.57. The zero-order valence-corrected chi connectivity index (χ0v) is 14.4. The number of hydrogen-bond donors (Lipinski definition) is 3. The van der Waals surface area contributed by atoms with Crippen molar-refractivity contribution >= 4 is 33.7 Å². The molecule has 132 valence electrons. The molecule has 2 atom stereocenters. The Morgan fingerprint density at radius 2 is 2.36 bits per heavy atom. The van der Waals surface area contributed by atoms with Gasteiger partial charge < -0.3 is 20.4 Å². The molecule has 3 N–H and O–H groups in total. The van der Waals surface area contributed by atoms with Gasteiger partial charge in [0.2, 0.25) is 0 Å². The summed E-state index contributed by atoms with van der Waals surface area (Å²) in [5.74, 6) is 0.803. The van der Waals surface area contributed by atoms with Gasteiger partial charge in [0.25, 0.3) is 5.91 Å². The van der Waals surface area contributed by atoms with Crippen molar-refractivity contribution in [2.45, 2.75) is 19.4 Å². The summed E-state index contributed by atoms with van der Waals surface area (Å²) in [5.41, 5.74) is 1.82. The third-order valence-electron chi connectivity index (χ3n) is 4.88. The molecule has 0 spiro atoms. The Bertz CT molecular complexity index is 915. The van der Waals surface area contributed by atoms with E-state index in [4.69, 9.17) is 9.84 Å². The van der Waals surface area contributed by atoms with E-state index >= 15 is 0 Å². The number of anilines is 1. The standard InChI is InChI=1S/C17H22N6O2/c1-10-3-5-18-8-13(10)23-15-11-4-6-19-16(11)20-7-12(15)17(22-23)21-14(24)9-25-2/h4,6-7,10,13,18H,3,5,8-9H2,1-2H3,(H,19,20)(H,21,22,24)/t10-,13+/m1/s1. The Morgan fingerprint density at radius 1 is 1.48 bits per heavy atom. The first-order chi connectivity index (χ1) is 12.2. The summed E-state index contributed by atoms with van der Waals surface area (Å²) < 4.78 is 6.96. The van der Waals surface area contributed by atoms with Crippen molar-refractivity contribution < 1.29 is 9.53 Å². The van der Waals surface area contributed by atoms with Crippen molar-refractivity contribution in [1.29, 1.82) is 0 Å². The molecule has 1 aliphatic heterocycles. The molecule has 8 heteroatoms. The van der Waals surface area contributed by atoms with E-state index in [1.807, 2.05) is 16.9 Å². The first-order valence-electron chi connectivity index (χ1n) is 8.53. The molecule has 1 saturated heterocycles. The third-order valence-corrected chi connectivity index (χ3v) is 4.88. The number of hydrogen-bond acceptors (Lipinski definition) is 5. The number of ether oxygens (including phenoxy) is 1. The molecule has 0 unspecified atom stereocenters. The third kappa shape index (κ3) is 2.77. The Balaban J connectivity index is 1.87. The molecule has 1 aliphatic rings. The fraction of sp³-hybridized carbons (Fsp3) is 0.471. The van der Waals surface area contributed by atoms with E-state index in [1.165, 1.54) is 7.11 Å². The zero-order valence-electron chi connectivity index (χ0n) is 14.4. The fourth-order valence-electron chi connectivity index (χ4n) is 3.56. The number of carbonyl (C=O) groups is 1. The molecular weight excluding hydrogens is 320 g/mol. The number of nitrogens with one attached hydrogen (secondary N) is 3. The average Bonchev–Trinajstić information content (AvgIpc) is 3.20. The quantitative estimate of drug-likeness (QED) is 0.670. The Labute approximate surface area is 144 Å². The first kappa shape index (κ1) is 16.0. The van der Waals surface area contributed by atoms with Crippen LogP contribution in [-0.4, -0.2) is 52.5 Å². The van der Waals surface area contributed by atoms with Crippen LogP contribution in [0.15, 0.2) is 18.5 Å². The molecule has 4 rings (SSSR count). The lowest BCUT2D eigenvalue weighted by atomic mass is 9.95. The second-order valence-electron chi connectivity index (χ2n) is 6.57. The monoisotopic (exact) mass is 342 g/mol. The molecule has 0 aromatic carbocycles. The van der Waals surface area contributed by atoms with E-state index in [0.29, 0.717) is 11.7 Å². The van der Waals surface area contributed by atoms with Crippen LogP contribution in [0.3, 0.4) is 0 Å². The number of pyridine rings is 1. The van der Waals surface area contributed by atoms with E-state index in [1.54, 1.807) is 6.20 Å². The normalized spacial score (nSPS) is 21.0. The lowest BCUT2D eigenvalue weighted by molar-refractivity contribution is -0.119. The van der Waals surface area contributed by atoms with Gasteiger partial charge in [0, 0.05) is 31.4 Å². The first-order valence-corrected chi connectivity index (χ1v) is 8.53. The zero-order chi connectivity index (χ0) is 17.4. The molecule has 3 aromatic heterocycles. The summed E-state index contributed by atoms with van der Waals surface area (Å²) in [6.07, 6.45) is 4.74. The number of aromatic amines is 1. The van der Waals surface area contributed by atoms with E-state index in [2.05, 4.69) is 27.5 Å². The number of piperidine rings is 1. The van der Waals surface area contributed by atoms with Gasteiger partial charge >= 0.3 is 0 Å². The molecular formula is C17H22N6O2. The summed E-state index contributed by atoms with van der Waals surface area (Å²) in [5, 5.41) is 12.9. The number of rotatable bonds is 4. The van der Waals surface area contributed by atoms with Crippen LogP contribution in [-0.2, 0) is 9.53 Å². The molecule has 0 saturated carbocycles. The van der Waals surface area contributed by atoms with Crippen LogP contribution in [0.4, 0.5) is 5.82 Å². The Kier molecular flexibility index (Phi) is 4.14. The van der Waals surface area contributed by atoms with E-state index in [9.17, 15) is 4.79 Å². The van der Waals surface area contributed by atoms with E-state index in [-0.39, 0.29) is 18.6 Å². The highest BCUT2D eigenvalue weighted by Crippen LogP contribution is 2.34. The maximum atomic E-state index is 12.0. The highest BCUT2D eigenvalue weighted by molar-refractivity contribution is 6.09. The second kappa shape index (κ2) is 6.45. The number of amides is 1. The summed E-state index contributed by atoms with van der Waals surface area (Å²) in [6.45, 7) is 4.13. The van der Waals surface area contributed by atoms with Gasteiger partial charge in [-0.3, -0.25) is 9.48 Å². The smallest absolute Gasteiger partial charge is 0.251 e. The number of aromatic nitrogens is 4. The molecule has 3 aromatic rings. The molecule has 0 bridgehead atoms. The van der Waals surface area contributed by atoms with Crippen LogP contribution in [0.5, 0.6) is 0 Å². The Morgan fingerprint density at radius 3 is 3.16 bits per heavy atom. The van der Waals surface area contributed by atoms with E-state index in [0.717, 1.165) is 41.4 Å². The minimum atomic E-state index is -0.224. The van der Waals surface area contributed by atoms with Crippen LogP contribution in [0.2, 0.25) is 0 Å². The van der Waals surface area contributed by atoms with Gasteiger partial charge in [0.05, 0.1) is 16.9 Å². The number of nitrogens with zero attached hydrogens (tertiary/aromatic N) is 3. The van der Waals surface area contributed by atoms with Gasteiger partial charge in [-0.05, 0) is 24.9 Å². The minimum absolute atomic E-state index is 0.00440. The molecule has 1 amide bonds. The largest absolute Gasteiger partial charge is 0.375 e. The maximum Gasteiger partial charge on any atom is 0.251 e. The number of carbonyl (C=O) groups excluding carboxylic acids is 1. The molecule has 4 heterocycles. The highest BCUT2D eigenvalue weighted by atomic mass is 16.5. The van der Waals surface area contributed by atoms with Gasteiger partial charge in [-0.25, -0.2) is 4.98 Å². The van der Waals surface area contributed by atoms with Crippen molar-refractivity contribution in [3.8, 4) is 0 Å². The maximum absolute atomic E-state index is 12.0. The van der Waals surface area contributed by atoms with Crippen LogP contribution in [0.1, 0.15) is 19.4 Å². The number of H-pyrrole nitrogens is 1. The van der Waals surface area contributed by atoms with Crippen molar-refractivity contribution in [3.63, 3.8) is 0 Å². The molecule has 0 radical (unpaired) electrons. The van der Waals surface area contributed by atoms with Gasteiger partial charge in [0.1, 0.15) is 12.3 Å². The topological polar surface area (TPSA) is 96.9 Å². The predicted molar refractivity (Wildman–Crippen MR) is 95.6 cm³/mol. The lowest BCUT2D eigenvalue weighted by Crippen LogP contribution is -2.37. The van der Waals surface area contributed by atoms with Crippen molar-refractivity contribution in [3.05, 3.63) is 18.5 Å². The van der Waals surface area contributed by atoms with Crippen LogP contribution in [0, 0.1) is 5.92 Å². The Hall–Kier alpha value is -2.45. The average molecular weight is 342 g/mol. The lowest BCUT2D eigenvalue weighted by Gasteiger charge is -2.30. The minimum Gasteiger partial charge on any atom is -0.375 e. The van der Waals surface area contributed by atoms with Crippen molar-refractivity contribution in [2.24, 2.45) is 5.92 Å². The van der Waals surface area contributed by atoms with Crippen LogP contribution < -0.4 is 10.6 Å². The summed E-state index contributed by atoms with van der Waals surface area (Å²) in [7, 11) is 1.50. The summed E-state index contributed by atoms with van der Waals surface area (Å²) in [6, 6.07) is 2.23. The SMILES string of the molecule is COCC(=O)Nc1nn([C@H]2CNCC[C@H]2C)c2c1cnc1[nH]ccc12. The van der Waals surface area contributed by atoms with E-state index < -0.39 is 0 Å². The van der Waals surface area contributed by atoms with Gasteiger partial charge in [0.15, 0.2) is 5.82 Å². The molecule has 0 aliphatic carbocycles.